The van der Waals surface area contributed by atoms with Gasteiger partial charge in [-0.3, -0.25) is 4.90 Å². The summed E-state index contributed by atoms with van der Waals surface area (Å²) in [6.45, 7) is 9.60. The minimum Gasteiger partial charge on any atom is -0.444 e. The van der Waals surface area contributed by atoms with E-state index in [0.717, 1.165) is 32.4 Å². The minimum atomic E-state index is -0.451. The summed E-state index contributed by atoms with van der Waals surface area (Å²) in [6.07, 6.45) is 2.92. The first-order valence-electron chi connectivity index (χ1n) is 11.5. The van der Waals surface area contributed by atoms with Crippen LogP contribution in [0.25, 0.3) is 0 Å². The van der Waals surface area contributed by atoms with E-state index in [-0.39, 0.29) is 11.5 Å². The minimum absolute atomic E-state index is 0.143. The molecule has 2 aromatic carbocycles. The van der Waals surface area contributed by atoms with Gasteiger partial charge in [0, 0.05) is 30.6 Å². The molecular weight excluding hydrogens is 384 g/mol. The average molecular weight is 421 g/mol. The van der Waals surface area contributed by atoms with E-state index < -0.39 is 5.60 Å². The number of fused-ring (bicyclic) bond motifs is 2. The summed E-state index contributed by atoms with van der Waals surface area (Å²) in [7, 11) is 2.26. The summed E-state index contributed by atoms with van der Waals surface area (Å²) in [4.78, 5) is 17.0. The lowest BCUT2D eigenvalue weighted by molar-refractivity contribution is 0.0152. The normalized spacial score (nSPS) is 21.2. The molecule has 1 saturated heterocycles. The Morgan fingerprint density at radius 1 is 1.06 bits per heavy atom. The molecule has 0 radical (unpaired) electrons. The van der Waals surface area contributed by atoms with Gasteiger partial charge in [0.15, 0.2) is 0 Å². The van der Waals surface area contributed by atoms with Gasteiger partial charge in [0.05, 0.1) is 0 Å². The molecule has 1 aliphatic carbocycles. The first kappa shape index (κ1) is 21.9. The van der Waals surface area contributed by atoms with Gasteiger partial charge in [-0.25, -0.2) is 4.79 Å². The van der Waals surface area contributed by atoms with Gasteiger partial charge in [-0.1, -0.05) is 54.6 Å². The molecule has 2 aliphatic rings. The molecule has 4 heteroatoms. The highest BCUT2D eigenvalue weighted by Gasteiger charge is 2.47. The van der Waals surface area contributed by atoms with Crippen molar-refractivity contribution >= 4 is 6.09 Å². The van der Waals surface area contributed by atoms with Gasteiger partial charge in [-0.05, 0) is 70.7 Å². The third-order valence-corrected chi connectivity index (χ3v) is 7.23. The maximum Gasteiger partial charge on any atom is 0.410 e. The topological polar surface area (TPSA) is 32.8 Å². The lowest BCUT2D eigenvalue weighted by Crippen LogP contribution is -2.46. The van der Waals surface area contributed by atoms with Crippen LogP contribution in [0.2, 0.25) is 0 Å². The van der Waals surface area contributed by atoms with Crippen LogP contribution in [0.3, 0.4) is 0 Å². The Hall–Kier alpha value is -2.33. The Kier molecular flexibility index (Phi) is 5.87. The molecule has 2 aromatic rings. The highest BCUT2D eigenvalue weighted by Crippen LogP contribution is 2.53. The molecule has 0 saturated carbocycles. The molecule has 0 N–H and O–H groups in total. The first-order valence-corrected chi connectivity index (χ1v) is 11.5. The molecule has 1 aliphatic heterocycles. The molecule has 2 atom stereocenters. The van der Waals surface area contributed by atoms with E-state index in [4.69, 9.17) is 4.74 Å². The molecule has 4 nitrogen and oxygen atoms in total. The lowest BCUT2D eigenvalue weighted by atomic mass is 9.73. The Morgan fingerprint density at radius 3 is 2.32 bits per heavy atom. The van der Waals surface area contributed by atoms with Crippen molar-refractivity contribution < 1.29 is 9.53 Å². The molecule has 0 aromatic heterocycles. The highest BCUT2D eigenvalue weighted by atomic mass is 16.6. The van der Waals surface area contributed by atoms with Crippen molar-refractivity contribution in [1.29, 1.82) is 0 Å². The van der Waals surface area contributed by atoms with Crippen LogP contribution in [0.5, 0.6) is 0 Å². The number of hydrogen-bond acceptors (Lipinski definition) is 3. The van der Waals surface area contributed by atoms with Crippen LogP contribution in [0.4, 0.5) is 4.79 Å². The van der Waals surface area contributed by atoms with Crippen molar-refractivity contribution in [2.24, 2.45) is 0 Å². The van der Waals surface area contributed by atoms with Crippen molar-refractivity contribution in [3.05, 3.63) is 71.3 Å². The fourth-order valence-corrected chi connectivity index (χ4v) is 5.38. The summed E-state index contributed by atoms with van der Waals surface area (Å²) in [5, 5.41) is 0. The first-order chi connectivity index (χ1) is 14.7. The summed E-state index contributed by atoms with van der Waals surface area (Å²) >= 11 is 0. The molecule has 4 rings (SSSR count). The molecule has 1 amide bonds. The van der Waals surface area contributed by atoms with Crippen molar-refractivity contribution in [3.8, 4) is 0 Å². The van der Waals surface area contributed by atoms with Gasteiger partial charge >= 0.3 is 6.09 Å². The van der Waals surface area contributed by atoms with E-state index in [9.17, 15) is 4.79 Å². The number of carbonyl (C=O) groups excluding carboxylic acids is 1. The van der Waals surface area contributed by atoms with Crippen LogP contribution in [0.15, 0.2) is 54.6 Å². The van der Waals surface area contributed by atoms with Gasteiger partial charge in [0.2, 0.25) is 0 Å². The maximum atomic E-state index is 12.6. The van der Waals surface area contributed by atoms with Gasteiger partial charge < -0.3 is 9.64 Å². The van der Waals surface area contributed by atoms with Crippen LogP contribution in [0.1, 0.15) is 75.7 Å². The summed E-state index contributed by atoms with van der Waals surface area (Å²) < 4.78 is 5.62. The van der Waals surface area contributed by atoms with E-state index in [0.29, 0.717) is 12.1 Å². The third-order valence-electron chi connectivity index (χ3n) is 7.23. The Bertz CT molecular complexity index is 910. The maximum absolute atomic E-state index is 12.6. The number of amides is 1. The summed E-state index contributed by atoms with van der Waals surface area (Å²) in [6, 6.07) is 20.5. The van der Waals surface area contributed by atoms with Crippen LogP contribution >= 0.6 is 0 Å². The van der Waals surface area contributed by atoms with Gasteiger partial charge in [-0.2, -0.15) is 0 Å². The summed E-state index contributed by atoms with van der Waals surface area (Å²) in [5.41, 5.74) is 3.98. The van der Waals surface area contributed by atoms with Gasteiger partial charge in [0.25, 0.3) is 0 Å². The molecule has 1 fully saturated rings. The highest BCUT2D eigenvalue weighted by molar-refractivity contribution is 5.68. The van der Waals surface area contributed by atoms with Crippen molar-refractivity contribution in [2.75, 3.05) is 20.1 Å². The third kappa shape index (κ3) is 4.36. The second-order valence-electron chi connectivity index (χ2n) is 10.3. The molecule has 31 heavy (non-hydrogen) atoms. The fourth-order valence-electron chi connectivity index (χ4n) is 5.38. The number of hydrogen-bond donors (Lipinski definition) is 0. The number of likely N-dealkylation sites (tertiary alicyclic amines) is 1. The zero-order chi connectivity index (χ0) is 22.2. The molecule has 0 bridgehead atoms. The number of rotatable bonds is 3. The summed E-state index contributed by atoms with van der Waals surface area (Å²) in [5.74, 6) is 0. The number of piperidine rings is 1. The van der Waals surface area contributed by atoms with E-state index in [1.54, 1.807) is 0 Å². The zero-order valence-corrected chi connectivity index (χ0v) is 19.6. The Labute approximate surface area is 187 Å². The van der Waals surface area contributed by atoms with Gasteiger partial charge in [-0.15, -0.1) is 0 Å². The molecule has 166 valence electrons. The van der Waals surface area contributed by atoms with Crippen LogP contribution in [0, 0.1) is 0 Å². The Morgan fingerprint density at radius 2 is 1.68 bits per heavy atom. The number of nitrogens with zero attached hydrogens (tertiary/aromatic N) is 2. The smallest absolute Gasteiger partial charge is 0.410 e. The zero-order valence-electron chi connectivity index (χ0n) is 19.6. The van der Waals surface area contributed by atoms with E-state index >= 15 is 0 Å². The van der Waals surface area contributed by atoms with Crippen molar-refractivity contribution in [2.45, 2.75) is 70.1 Å². The van der Waals surface area contributed by atoms with E-state index in [1.165, 1.54) is 16.7 Å². The van der Waals surface area contributed by atoms with Crippen molar-refractivity contribution in [1.82, 2.24) is 9.80 Å². The standard InChI is InChI=1S/C27H36N2O2/c1-20(21-11-7-6-8-12-21)28(5)24-19-27(23-14-10-9-13-22(23)24)15-17-29(18-16-27)25(30)31-26(2,3)4/h6-14,20,24H,15-19H2,1-5H3/t20-,24-/m0/s1. The van der Waals surface area contributed by atoms with Gasteiger partial charge in [0.1, 0.15) is 5.60 Å². The lowest BCUT2D eigenvalue weighted by Gasteiger charge is -2.41. The van der Waals surface area contributed by atoms with E-state index in [2.05, 4.69) is 73.5 Å². The molecular formula is C27H36N2O2. The quantitative estimate of drug-likeness (QED) is 0.602. The van der Waals surface area contributed by atoms with E-state index in [1.807, 2.05) is 25.7 Å². The van der Waals surface area contributed by atoms with Crippen LogP contribution in [-0.2, 0) is 10.2 Å². The molecule has 0 unspecified atom stereocenters. The number of carbonyl (C=O) groups is 1. The molecule has 1 spiro atoms. The number of ether oxygens (including phenoxy) is 1. The SMILES string of the molecule is C[C@@H](c1ccccc1)N(C)[C@H]1CC2(CCN(C(=O)OC(C)(C)C)CC2)c2ccccc21. The van der Waals surface area contributed by atoms with Crippen molar-refractivity contribution in [3.63, 3.8) is 0 Å². The fraction of sp³-hybridized carbons (Fsp3) is 0.519. The average Bonchev–Trinajstić information content (AvgIpc) is 3.07. The largest absolute Gasteiger partial charge is 0.444 e. The monoisotopic (exact) mass is 420 g/mol. The second kappa shape index (κ2) is 8.31. The predicted molar refractivity (Wildman–Crippen MR) is 125 cm³/mol. The predicted octanol–water partition coefficient (Wildman–Crippen LogP) is 6.09. The Balaban J connectivity index is 1.53. The molecule has 1 heterocycles. The second-order valence-corrected chi connectivity index (χ2v) is 10.3. The number of benzene rings is 2. The van der Waals surface area contributed by atoms with Crippen LogP contribution in [-0.4, -0.2) is 41.6 Å². The van der Waals surface area contributed by atoms with Crippen LogP contribution < -0.4 is 0 Å².